The van der Waals surface area contributed by atoms with Gasteiger partial charge in [-0.3, -0.25) is 4.79 Å². The van der Waals surface area contributed by atoms with Crippen molar-refractivity contribution >= 4 is 23.6 Å². The van der Waals surface area contributed by atoms with Crippen molar-refractivity contribution in [2.45, 2.75) is 75.0 Å². The zero-order chi connectivity index (χ0) is 33.3. The molecule has 0 spiro atoms. The minimum atomic E-state index is -1.51. The van der Waals surface area contributed by atoms with E-state index in [4.69, 9.17) is 35.3 Å². The first-order valence-electron chi connectivity index (χ1n) is 14.4. The second kappa shape index (κ2) is 14.2. The van der Waals surface area contributed by atoms with Crippen LogP contribution in [0.25, 0.3) is 6.08 Å². The van der Waals surface area contributed by atoms with Gasteiger partial charge in [0.05, 0.1) is 6.04 Å². The normalized spacial score (nSPS) is 33.1. The highest BCUT2D eigenvalue weighted by Gasteiger charge is 2.53. The number of carbonyl (C=O) groups is 1. The Kier molecular flexibility index (Phi) is 10.5. The summed E-state index contributed by atoms with van der Waals surface area (Å²) in [6.07, 6.45) is -8.26. The lowest BCUT2D eigenvalue weighted by Crippen LogP contribution is -2.67. The molecular formula is C31H35ClFNO12. The number of benzene rings is 2. The molecule has 2 aromatic carbocycles. The first-order chi connectivity index (χ1) is 21.8. The molecule has 15 heteroatoms. The van der Waals surface area contributed by atoms with E-state index in [1.54, 1.807) is 13.0 Å². The third-order valence-corrected chi connectivity index (χ3v) is 8.31. The Bertz CT molecular complexity index is 1490. The lowest BCUT2D eigenvalue weighted by molar-refractivity contribution is -0.155. The van der Waals surface area contributed by atoms with Crippen LogP contribution in [0.5, 0.6) is 17.2 Å². The third-order valence-electron chi connectivity index (χ3n) is 8.08. The molecule has 2 aliphatic heterocycles. The van der Waals surface area contributed by atoms with Gasteiger partial charge in [-0.1, -0.05) is 17.7 Å². The number of hydrogen-bond acceptors (Lipinski definition) is 12. The summed E-state index contributed by atoms with van der Waals surface area (Å²) in [4.78, 5) is 12.9. The van der Waals surface area contributed by atoms with Gasteiger partial charge in [0.25, 0.3) is 0 Å². The fraction of sp³-hybridized carbons (Fsp3) is 0.452. The summed E-state index contributed by atoms with van der Waals surface area (Å²) in [6, 6.07) is 6.94. The van der Waals surface area contributed by atoms with Crippen LogP contribution in [0.4, 0.5) is 4.39 Å². The summed E-state index contributed by atoms with van der Waals surface area (Å²) >= 11 is 5.75. The van der Waals surface area contributed by atoms with Gasteiger partial charge < -0.3 is 59.6 Å². The molecule has 5 rings (SSSR count). The van der Waals surface area contributed by atoms with Gasteiger partial charge in [-0.05, 0) is 67.5 Å². The van der Waals surface area contributed by atoms with E-state index in [1.807, 2.05) is 0 Å². The van der Waals surface area contributed by atoms with E-state index in [-0.39, 0.29) is 41.2 Å². The van der Waals surface area contributed by atoms with Crippen LogP contribution in [0.2, 0.25) is 5.02 Å². The number of aromatic hydroxyl groups is 1. The number of ether oxygens (including phenoxy) is 5. The van der Waals surface area contributed by atoms with Crippen LogP contribution in [0.1, 0.15) is 19.4 Å². The second-order valence-corrected chi connectivity index (χ2v) is 11.7. The molecule has 0 unspecified atom stereocenters. The Labute approximate surface area is 268 Å². The van der Waals surface area contributed by atoms with Gasteiger partial charge in [-0.25, -0.2) is 4.39 Å². The Morgan fingerprint density at radius 1 is 0.978 bits per heavy atom. The van der Waals surface area contributed by atoms with E-state index in [0.29, 0.717) is 11.1 Å². The number of rotatable bonds is 9. The quantitative estimate of drug-likeness (QED) is 0.147. The summed E-state index contributed by atoms with van der Waals surface area (Å²) in [7, 11) is 0. The molecule has 7 N–H and O–H groups in total. The molecule has 2 heterocycles. The van der Waals surface area contributed by atoms with Crippen molar-refractivity contribution in [2.24, 2.45) is 0 Å². The number of aliphatic hydroxyl groups is 5. The average molecular weight is 668 g/mol. The summed E-state index contributed by atoms with van der Waals surface area (Å²) in [6.45, 7) is 2.89. The average Bonchev–Trinajstić information content (AvgIpc) is 3.62. The maximum absolute atomic E-state index is 13.9. The number of halogens is 2. The van der Waals surface area contributed by atoms with E-state index in [1.165, 1.54) is 43.3 Å². The van der Waals surface area contributed by atoms with Gasteiger partial charge >= 0.3 is 0 Å². The van der Waals surface area contributed by atoms with Gasteiger partial charge in [0.2, 0.25) is 12.2 Å². The van der Waals surface area contributed by atoms with E-state index < -0.39 is 72.9 Å². The molecule has 0 radical (unpaired) electrons. The standard InChI is InChI=1S/C31H35ClFNO12/c1-13(7-8-42-19-6-4-16(32)11-17(19)33)27-25(39)26(40)31(46-27)45-20-5-3-15(10-18(20)35)9-14(2)30(41)34-21-22(36)24(38)29-28(23(21)37)43-12-44-29/h3-7,9-11,21-29,31,35-40H,8,12H2,1-2H3,(H,34,41)/t21-,22+,23-,24-,25+,26+,27-,28+,29-,31-/m1/s1. The van der Waals surface area contributed by atoms with Crippen molar-refractivity contribution in [2.75, 3.05) is 13.4 Å². The molecular weight excluding hydrogens is 633 g/mol. The number of aliphatic hydroxyl groups excluding tert-OH is 5. The molecule has 2 saturated heterocycles. The SMILES string of the molecule is CC(=Cc1ccc(O[C@@H]2O[C@H](C(C)=CCOc3ccc(Cl)cc3F)[C@@H](O)[C@@H]2O)c(O)c1)C(=O)N[C@@H]1[C@H](O)[C@@H](O)[C@H]2OCO[C@H]2[C@@H]1O. The van der Waals surface area contributed by atoms with E-state index in [9.17, 15) is 39.8 Å². The smallest absolute Gasteiger partial charge is 0.247 e. The van der Waals surface area contributed by atoms with Crippen molar-refractivity contribution in [1.29, 1.82) is 0 Å². The molecule has 250 valence electrons. The van der Waals surface area contributed by atoms with Gasteiger partial charge in [0, 0.05) is 10.6 Å². The molecule has 10 atom stereocenters. The van der Waals surface area contributed by atoms with Gasteiger partial charge in [-0.2, -0.15) is 0 Å². The van der Waals surface area contributed by atoms with Crippen LogP contribution in [0.15, 0.2) is 53.6 Å². The highest BCUT2D eigenvalue weighted by Crippen LogP contribution is 2.34. The minimum absolute atomic E-state index is 0.0125. The minimum Gasteiger partial charge on any atom is -0.504 e. The number of amides is 1. The van der Waals surface area contributed by atoms with E-state index in [2.05, 4.69) is 5.32 Å². The summed E-state index contributed by atoms with van der Waals surface area (Å²) in [5.41, 5.74) is 1.02. The van der Waals surface area contributed by atoms with E-state index in [0.717, 1.165) is 6.07 Å². The molecule has 13 nitrogen and oxygen atoms in total. The summed E-state index contributed by atoms with van der Waals surface area (Å²) in [5, 5.41) is 65.8. The zero-order valence-electron chi connectivity index (χ0n) is 24.7. The fourth-order valence-electron chi connectivity index (χ4n) is 5.48. The molecule has 46 heavy (non-hydrogen) atoms. The monoisotopic (exact) mass is 667 g/mol. The number of fused-ring (bicyclic) bond motifs is 1. The number of phenolic OH excluding ortho intramolecular Hbond substituents is 1. The Balaban J connectivity index is 1.18. The summed E-state index contributed by atoms with van der Waals surface area (Å²) in [5.74, 6) is -1.72. The van der Waals surface area contributed by atoms with Crippen LogP contribution in [-0.4, -0.2) is 111 Å². The molecule has 3 fully saturated rings. The molecule has 1 aliphatic carbocycles. The van der Waals surface area contributed by atoms with Crippen molar-refractivity contribution in [3.05, 3.63) is 70.0 Å². The Morgan fingerprint density at radius 3 is 2.37 bits per heavy atom. The van der Waals surface area contributed by atoms with Crippen molar-refractivity contribution < 1.29 is 63.5 Å². The molecule has 1 amide bonds. The number of phenols is 1. The molecule has 0 bridgehead atoms. The van der Waals surface area contributed by atoms with Gasteiger partial charge in [0.1, 0.15) is 62.2 Å². The topological polar surface area (TPSA) is 197 Å². The van der Waals surface area contributed by atoms with Crippen molar-refractivity contribution in [3.8, 4) is 17.2 Å². The van der Waals surface area contributed by atoms with Crippen molar-refractivity contribution in [3.63, 3.8) is 0 Å². The van der Waals surface area contributed by atoms with Crippen LogP contribution < -0.4 is 14.8 Å². The highest BCUT2D eigenvalue weighted by molar-refractivity contribution is 6.30. The van der Waals surface area contributed by atoms with Crippen LogP contribution in [0, 0.1) is 5.82 Å². The molecule has 2 aromatic rings. The van der Waals surface area contributed by atoms with Crippen LogP contribution in [0.3, 0.4) is 0 Å². The molecule has 1 saturated carbocycles. The number of hydrogen-bond donors (Lipinski definition) is 7. The van der Waals surface area contributed by atoms with Gasteiger partial charge in [0.15, 0.2) is 23.1 Å². The Hall–Kier alpha value is -3.31. The molecule has 3 aliphatic rings. The van der Waals surface area contributed by atoms with Crippen LogP contribution in [-0.2, 0) is 19.0 Å². The lowest BCUT2D eigenvalue weighted by atomic mass is 9.83. The van der Waals surface area contributed by atoms with E-state index >= 15 is 0 Å². The first-order valence-corrected chi connectivity index (χ1v) is 14.8. The number of carbonyl (C=O) groups excluding carboxylic acids is 1. The number of nitrogens with one attached hydrogen (secondary N) is 1. The Morgan fingerprint density at radius 2 is 1.67 bits per heavy atom. The summed E-state index contributed by atoms with van der Waals surface area (Å²) < 4.78 is 41.2. The van der Waals surface area contributed by atoms with Crippen LogP contribution >= 0.6 is 11.6 Å². The third kappa shape index (κ3) is 7.15. The molecule has 0 aromatic heterocycles. The van der Waals surface area contributed by atoms with Gasteiger partial charge in [-0.15, -0.1) is 0 Å². The highest BCUT2D eigenvalue weighted by atomic mass is 35.5. The first kappa shape index (κ1) is 34.0. The van der Waals surface area contributed by atoms with Crippen molar-refractivity contribution in [1.82, 2.24) is 5.32 Å². The second-order valence-electron chi connectivity index (χ2n) is 11.3. The fourth-order valence-corrected chi connectivity index (χ4v) is 5.64. The lowest BCUT2D eigenvalue weighted by Gasteiger charge is -2.41. The zero-order valence-corrected chi connectivity index (χ0v) is 25.5. The maximum Gasteiger partial charge on any atom is 0.247 e. The predicted molar refractivity (Wildman–Crippen MR) is 158 cm³/mol. The predicted octanol–water partition coefficient (Wildman–Crippen LogP) is 0.761. The maximum atomic E-state index is 13.9. The largest absolute Gasteiger partial charge is 0.504 e.